The Labute approximate surface area is 109 Å². The molecule has 0 saturated carbocycles. The highest BCUT2D eigenvalue weighted by atomic mass is 19.1. The van der Waals surface area contributed by atoms with Crippen molar-refractivity contribution < 1.29 is 23.5 Å². The molecule has 1 atom stereocenters. The van der Waals surface area contributed by atoms with Crippen LogP contribution < -0.4 is 5.32 Å². The van der Waals surface area contributed by atoms with Crippen molar-refractivity contribution in [1.82, 2.24) is 5.32 Å². The zero-order valence-corrected chi connectivity index (χ0v) is 10.7. The number of rotatable bonds is 5. The lowest BCUT2D eigenvalue weighted by molar-refractivity contribution is -0.148. The molecule has 0 radical (unpaired) electrons. The molecule has 0 aromatic heterocycles. The van der Waals surface area contributed by atoms with E-state index in [1.807, 2.05) is 0 Å². The van der Waals surface area contributed by atoms with Crippen LogP contribution in [0.2, 0.25) is 0 Å². The first-order valence-corrected chi connectivity index (χ1v) is 5.80. The molecule has 0 aliphatic carbocycles. The van der Waals surface area contributed by atoms with Crippen LogP contribution in [0, 0.1) is 11.6 Å². The summed E-state index contributed by atoms with van der Waals surface area (Å²) in [6.07, 6.45) is 0.454. The van der Waals surface area contributed by atoms with Crippen LogP contribution in [0.3, 0.4) is 0 Å². The van der Waals surface area contributed by atoms with Gasteiger partial charge in [-0.2, -0.15) is 0 Å². The second-order valence-electron chi connectivity index (χ2n) is 4.30. The van der Waals surface area contributed by atoms with E-state index in [-0.39, 0.29) is 12.0 Å². The normalized spacial score (nSPS) is 13.7. The number of hydrogen-bond donors (Lipinski definition) is 2. The Morgan fingerprint density at radius 2 is 1.79 bits per heavy atom. The number of benzene rings is 1. The standard InChI is InChI=1S/C13H15F2NO3/c1-3-4-13(12(18)19,16-8(2)17)9-5-10(14)7-11(15)6-9/h5-7H,3-4H2,1-2H3,(H,16,17)(H,18,19). The number of carboxylic acid groups (broad SMARTS) is 1. The van der Waals surface area contributed by atoms with Crippen molar-refractivity contribution >= 4 is 11.9 Å². The molecule has 4 nitrogen and oxygen atoms in total. The Balaban J connectivity index is 3.42. The highest BCUT2D eigenvalue weighted by Crippen LogP contribution is 2.28. The fourth-order valence-corrected chi connectivity index (χ4v) is 2.04. The number of amides is 1. The Morgan fingerprint density at radius 3 is 2.16 bits per heavy atom. The first-order valence-electron chi connectivity index (χ1n) is 5.80. The number of nitrogens with one attached hydrogen (secondary N) is 1. The van der Waals surface area contributed by atoms with E-state index in [1.54, 1.807) is 6.92 Å². The summed E-state index contributed by atoms with van der Waals surface area (Å²) in [6, 6.07) is 2.49. The summed E-state index contributed by atoms with van der Waals surface area (Å²) < 4.78 is 26.5. The number of aliphatic carboxylic acids is 1. The van der Waals surface area contributed by atoms with E-state index >= 15 is 0 Å². The zero-order chi connectivity index (χ0) is 14.6. The summed E-state index contributed by atoms with van der Waals surface area (Å²) in [4.78, 5) is 22.7. The molecule has 1 amide bonds. The van der Waals surface area contributed by atoms with Crippen molar-refractivity contribution in [2.45, 2.75) is 32.2 Å². The van der Waals surface area contributed by atoms with Gasteiger partial charge in [0.1, 0.15) is 11.6 Å². The summed E-state index contributed by atoms with van der Waals surface area (Å²) in [5.41, 5.74) is -1.93. The van der Waals surface area contributed by atoms with Crippen LogP contribution in [0.25, 0.3) is 0 Å². The van der Waals surface area contributed by atoms with Crippen LogP contribution in [-0.4, -0.2) is 17.0 Å². The first-order chi connectivity index (χ1) is 8.81. The third-order valence-corrected chi connectivity index (χ3v) is 2.73. The molecule has 1 rings (SSSR count). The number of hydrogen-bond acceptors (Lipinski definition) is 2. The van der Waals surface area contributed by atoms with Gasteiger partial charge in [0, 0.05) is 13.0 Å². The smallest absolute Gasteiger partial charge is 0.334 e. The number of carbonyl (C=O) groups is 2. The maximum Gasteiger partial charge on any atom is 0.334 e. The SMILES string of the molecule is CCCC(NC(C)=O)(C(=O)O)c1cc(F)cc(F)c1. The van der Waals surface area contributed by atoms with E-state index in [1.165, 1.54) is 0 Å². The zero-order valence-electron chi connectivity index (χ0n) is 10.7. The summed E-state index contributed by atoms with van der Waals surface area (Å²) in [5.74, 6) is -3.71. The lowest BCUT2D eigenvalue weighted by atomic mass is 9.85. The van der Waals surface area contributed by atoms with E-state index in [0.717, 1.165) is 19.1 Å². The molecule has 1 aromatic carbocycles. The second-order valence-corrected chi connectivity index (χ2v) is 4.30. The molecule has 0 saturated heterocycles. The van der Waals surface area contributed by atoms with Gasteiger partial charge in [0.15, 0.2) is 5.54 Å². The molecule has 19 heavy (non-hydrogen) atoms. The van der Waals surface area contributed by atoms with Gasteiger partial charge in [0.25, 0.3) is 0 Å². The molecule has 0 heterocycles. The Kier molecular flexibility index (Phi) is 4.58. The van der Waals surface area contributed by atoms with Gasteiger partial charge in [-0.15, -0.1) is 0 Å². The average molecular weight is 271 g/mol. The maximum absolute atomic E-state index is 13.3. The van der Waals surface area contributed by atoms with E-state index in [9.17, 15) is 23.5 Å². The minimum Gasteiger partial charge on any atom is -0.479 e. The number of halogens is 2. The predicted octanol–water partition coefficient (Wildman–Crippen LogP) is 2.18. The van der Waals surface area contributed by atoms with Gasteiger partial charge < -0.3 is 10.4 Å². The summed E-state index contributed by atoms with van der Waals surface area (Å²) >= 11 is 0. The van der Waals surface area contributed by atoms with E-state index in [0.29, 0.717) is 12.5 Å². The fourth-order valence-electron chi connectivity index (χ4n) is 2.04. The molecule has 6 heteroatoms. The molecule has 0 bridgehead atoms. The van der Waals surface area contributed by atoms with Crippen molar-refractivity contribution in [2.24, 2.45) is 0 Å². The largest absolute Gasteiger partial charge is 0.479 e. The topological polar surface area (TPSA) is 66.4 Å². The van der Waals surface area contributed by atoms with Crippen molar-refractivity contribution in [2.75, 3.05) is 0 Å². The van der Waals surface area contributed by atoms with Gasteiger partial charge in [-0.05, 0) is 24.1 Å². The minimum atomic E-state index is -1.82. The monoisotopic (exact) mass is 271 g/mol. The molecular formula is C13H15F2NO3. The van der Waals surface area contributed by atoms with Crippen molar-refractivity contribution in [1.29, 1.82) is 0 Å². The van der Waals surface area contributed by atoms with Gasteiger partial charge in [0.05, 0.1) is 0 Å². The van der Waals surface area contributed by atoms with Gasteiger partial charge in [-0.25, -0.2) is 13.6 Å². The summed E-state index contributed by atoms with van der Waals surface area (Å²) in [5, 5.41) is 11.7. The average Bonchev–Trinajstić information content (AvgIpc) is 2.25. The maximum atomic E-state index is 13.3. The molecule has 1 aromatic rings. The Bertz CT molecular complexity index is 484. The van der Waals surface area contributed by atoms with Crippen molar-refractivity contribution in [3.05, 3.63) is 35.4 Å². The minimum absolute atomic E-state index is 0.0325. The van der Waals surface area contributed by atoms with E-state index in [2.05, 4.69) is 5.32 Å². The molecule has 0 spiro atoms. The summed E-state index contributed by atoms with van der Waals surface area (Å²) in [7, 11) is 0. The van der Waals surface area contributed by atoms with E-state index < -0.39 is 29.0 Å². The molecule has 1 unspecified atom stereocenters. The first kappa shape index (κ1) is 15.1. The number of carbonyl (C=O) groups excluding carboxylic acids is 1. The molecular weight excluding hydrogens is 256 g/mol. The highest BCUT2D eigenvalue weighted by Gasteiger charge is 2.41. The lowest BCUT2D eigenvalue weighted by Crippen LogP contribution is -2.51. The molecule has 0 aliphatic rings. The quantitative estimate of drug-likeness (QED) is 0.862. The van der Waals surface area contributed by atoms with Gasteiger partial charge in [0.2, 0.25) is 5.91 Å². The van der Waals surface area contributed by atoms with Crippen LogP contribution >= 0.6 is 0 Å². The lowest BCUT2D eigenvalue weighted by Gasteiger charge is -2.30. The predicted molar refractivity (Wildman–Crippen MR) is 64.4 cm³/mol. The highest BCUT2D eigenvalue weighted by molar-refractivity contribution is 5.87. The third kappa shape index (κ3) is 3.27. The Morgan fingerprint density at radius 1 is 1.26 bits per heavy atom. The molecule has 0 fully saturated rings. The summed E-state index contributed by atoms with van der Waals surface area (Å²) in [6.45, 7) is 2.87. The van der Waals surface area contributed by atoms with E-state index in [4.69, 9.17) is 0 Å². The molecule has 2 N–H and O–H groups in total. The van der Waals surface area contributed by atoms with Gasteiger partial charge in [-0.1, -0.05) is 13.3 Å². The molecule has 104 valence electrons. The molecule has 0 aliphatic heterocycles. The van der Waals surface area contributed by atoms with Gasteiger partial charge >= 0.3 is 5.97 Å². The Hall–Kier alpha value is -1.98. The van der Waals surface area contributed by atoms with Crippen molar-refractivity contribution in [3.63, 3.8) is 0 Å². The van der Waals surface area contributed by atoms with Crippen molar-refractivity contribution in [3.8, 4) is 0 Å². The number of carboxylic acids is 1. The third-order valence-electron chi connectivity index (χ3n) is 2.73. The van der Waals surface area contributed by atoms with Crippen LogP contribution in [0.5, 0.6) is 0 Å². The van der Waals surface area contributed by atoms with Crippen LogP contribution in [0.4, 0.5) is 8.78 Å². The fraction of sp³-hybridized carbons (Fsp3) is 0.385. The van der Waals surface area contributed by atoms with Crippen LogP contribution in [0.15, 0.2) is 18.2 Å². The second kappa shape index (κ2) is 5.77. The van der Waals surface area contributed by atoms with Gasteiger partial charge in [-0.3, -0.25) is 4.79 Å². The van der Waals surface area contributed by atoms with Crippen LogP contribution in [-0.2, 0) is 15.1 Å². The van der Waals surface area contributed by atoms with Crippen LogP contribution in [0.1, 0.15) is 32.3 Å².